The van der Waals surface area contributed by atoms with Crippen molar-refractivity contribution in [2.75, 3.05) is 6.61 Å². The zero-order chi connectivity index (χ0) is 10.5. The lowest BCUT2D eigenvalue weighted by atomic mass is 9.90. The largest absolute Gasteiger partial charge is 0.361 e. The number of nitrogens with one attached hydrogen (secondary N) is 1. The van der Waals surface area contributed by atoms with Crippen LogP contribution in [0, 0.1) is 11.3 Å². The number of hydrogen-bond donors (Lipinski definition) is 1. The van der Waals surface area contributed by atoms with Crippen LogP contribution in [-0.2, 0) is 4.74 Å². The fourth-order valence-corrected chi connectivity index (χ4v) is 3.42. The molecule has 2 saturated carbocycles. The second kappa shape index (κ2) is 3.21. The van der Waals surface area contributed by atoms with E-state index < -0.39 is 0 Å². The third-order valence-electron chi connectivity index (χ3n) is 4.42. The minimum atomic E-state index is 0.0506. The lowest BCUT2D eigenvalue weighted by Gasteiger charge is -2.41. The number of hydrogen-bond acceptors (Lipinski definition) is 2. The van der Waals surface area contributed by atoms with Gasteiger partial charge in [0.15, 0.2) is 0 Å². The summed E-state index contributed by atoms with van der Waals surface area (Å²) in [4.78, 5) is 0. The Bertz CT molecular complexity index is 259. The Morgan fingerprint density at radius 3 is 2.53 bits per heavy atom. The molecule has 2 heteroatoms. The van der Waals surface area contributed by atoms with Crippen LogP contribution >= 0.6 is 0 Å². The average Bonchev–Trinajstić information content (AvgIpc) is 2.95. The van der Waals surface area contributed by atoms with Gasteiger partial charge in [-0.05, 0) is 49.9 Å². The maximum Gasteiger partial charge on any atom is 0.119 e. The molecule has 1 spiro atoms. The molecule has 0 bridgehead atoms. The Kier molecular flexibility index (Phi) is 2.16. The molecule has 15 heavy (non-hydrogen) atoms. The van der Waals surface area contributed by atoms with Crippen molar-refractivity contribution in [3.05, 3.63) is 0 Å². The second-order valence-corrected chi connectivity index (χ2v) is 6.56. The van der Waals surface area contributed by atoms with Gasteiger partial charge < -0.3 is 4.74 Å². The van der Waals surface area contributed by atoms with Crippen LogP contribution in [0.3, 0.4) is 0 Å². The molecule has 1 heterocycles. The summed E-state index contributed by atoms with van der Waals surface area (Å²) in [5.74, 6) is 0.967. The highest BCUT2D eigenvalue weighted by Crippen LogP contribution is 2.47. The molecule has 2 unspecified atom stereocenters. The predicted molar refractivity (Wildman–Crippen MR) is 60.6 cm³/mol. The molecule has 86 valence electrons. The molecule has 2 aliphatic carbocycles. The summed E-state index contributed by atoms with van der Waals surface area (Å²) >= 11 is 0. The van der Waals surface area contributed by atoms with Gasteiger partial charge >= 0.3 is 0 Å². The van der Waals surface area contributed by atoms with E-state index in [-0.39, 0.29) is 5.72 Å². The highest BCUT2D eigenvalue weighted by Gasteiger charge is 2.48. The fraction of sp³-hybridized carbons (Fsp3) is 1.00. The van der Waals surface area contributed by atoms with Crippen LogP contribution in [-0.4, -0.2) is 18.4 Å². The Balaban J connectivity index is 1.70. The van der Waals surface area contributed by atoms with Gasteiger partial charge in [-0.2, -0.15) is 0 Å². The number of rotatable bonds is 1. The van der Waals surface area contributed by atoms with Gasteiger partial charge in [0.25, 0.3) is 0 Å². The van der Waals surface area contributed by atoms with E-state index >= 15 is 0 Å². The third-order valence-corrected chi connectivity index (χ3v) is 4.42. The molecular formula is C13H23NO. The zero-order valence-corrected chi connectivity index (χ0v) is 10.0. The van der Waals surface area contributed by atoms with Crippen LogP contribution in [0.2, 0.25) is 0 Å². The maximum absolute atomic E-state index is 6.06. The maximum atomic E-state index is 6.06. The molecule has 1 N–H and O–H groups in total. The highest BCUT2D eigenvalue weighted by molar-refractivity contribution is 5.00. The normalized spacial score (nSPS) is 44.8. The topological polar surface area (TPSA) is 21.3 Å². The van der Waals surface area contributed by atoms with Crippen molar-refractivity contribution in [1.82, 2.24) is 5.32 Å². The Hall–Kier alpha value is -0.0800. The zero-order valence-electron chi connectivity index (χ0n) is 10.0. The van der Waals surface area contributed by atoms with E-state index in [1.54, 1.807) is 0 Å². The summed E-state index contributed by atoms with van der Waals surface area (Å²) in [5.41, 5.74) is 0.521. The molecule has 1 aliphatic heterocycles. The smallest absolute Gasteiger partial charge is 0.119 e. The minimum Gasteiger partial charge on any atom is -0.361 e. The van der Waals surface area contributed by atoms with E-state index in [4.69, 9.17) is 4.74 Å². The lowest BCUT2D eigenvalue weighted by Crippen LogP contribution is -2.56. The molecule has 0 radical (unpaired) electrons. The van der Waals surface area contributed by atoms with Crippen LogP contribution in [0.1, 0.15) is 52.4 Å². The molecule has 0 aromatic heterocycles. The van der Waals surface area contributed by atoms with E-state index in [2.05, 4.69) is 19.2 Å². The summed E-state index contributed by atoms with van der Waals surface area (Å²) in [6, 6.07) is 0.757. The van der Waals surface area contributed by atoms with Gasteiger partial charge in [0.1, 0.15) is 5.72 Å². The van der Waals surface area contributed by atoms with Gasteiger partial charge in [0.05, 0.1) is 6.61 Å². The van der Waals surface area contributed by atoms with Crippen molar-refractivity contribution in [3.8, 4) is 0 Å². The first-order chi connectivity index (χ1) is 7.09. The minimum absolute atomic E-state index is 0.0506. The number of ether oxygens (including phenoxy) is 1. The Morgan fingerprint density at radius 1 is 1.13 bits per heavy atom. The molecule has 3 rings (SSSR count). The first kappa shape index (κ1) is 10.1. The van der Waals surface area contributed by atoms with Gasteiger partial charge in [-0.25, -0.2) is 0 Å². The summed E-state index contributed by atoms with van der Waals surface area (Å²) in [6.45, 7) is 5.71. The van der Waals surface area contributed by atoms with Crippen LogP contribution in [0.5, 0.6) is 0 Å². The van der Waals surface area contributed by atoms with Crippen LogP contribution in [0.4, 0.5) is 0 Å². The SMILES string of the molecule is CC1(C)CCC2(C1)NC(C1CC1)CCO2. The van der Waals surface area contributed by atoms with E-state index in [1.165, 1.54) is 38.5 Å². The average molecular weight is 209 g/mol. The van der Waals surface area contributed by atoms with Crippen molar-refractivity contribution in [1.29, 1.82) is 0 Å². The van der Waals surface area contributed by atoms with E-state index in [1.807, 2.05) is 0 Å². The molecule has 0 aromatic carbocycles. The summed E-state index contributed by atoms with van der Waals surface area (Å²) in [7, 11) is 0. The van der Waals surface area contributed by atoms with Gasteiger partial charge in [0.2, 0.25) is 0 Å². The lowest BCUT2D eigenvalue weighted by molar-refractivity contribution is -0.113. The van der Waals surface area contributed by atoms with E-state index in [0.717, 1.165) is 18.6 Å². The molecular weight excluding hydrogens is 186 g/mol. The monoisotopic (exact) mass is 209 g/mol. The van der Waals surface area contributed by atoms with Crippen molar-refractivity contribution < 1.29 is 4.74 Å². The van der Waals surface area contributed by atoms with Gasteiger partial charge in [-0.1, -0.05) is 13.8 Å². The van der Waals surface area contributed by atoms with Gasteiger partial charge in [0, 0.05) is 6.04 Å². The highest BCUT2D eigenvalue weighted by atomic mass is 16.5. The summed E-state index contributed by atoms with van der Waals surface area (Å²) < 4.78 is 6.06. The molecule has 1 saturated heterocycles. The molecule has 3 fully saturated rings. The van der Waals surface area contributed by atoms with Crippen LogP contribution in [0.15, 0.2) is 0 Å². The first-order valence-corrected chi connectivity index (χ1v) is 6.50. The van der Waals surface area contributed by atoms with E-state index in [9.17, 15) is 0 Å². The molecule has 2 nitrogen and oxygen atoms in total. The van der Waals surface area contributed by atoms with Gasteiger partial charge in [-0.15, -0.1) is 0 Å². The fourth-order valence-electron chi connectivity index (χ4n) is 3.42. The second-order valence-electron chi connectivity index (χ2n) is 6.56. The Morgan fingerprint density at radius 2 is 1.93 bits per heavy atom. The molecule has 0 amide bonds. The van der Waals surface area contributed by atoms with Crippen molar-refractivity contribution >= 4 is 0 Å². The summed E-state index contributed by atoms with van der Waals surface area (Å²) in [6.07, 6.45) is 7.82. The summed E-state index contributed by atoms with van der Waals surface area (Å²) in [5, 5.41) is 3.82. The van der Waals surface area contributed by atoms with Crippen molar-refractivity contribution in [2.24, 2.45) is 11.3 Å². The molecule has 2 atom stereocenters. The van der Waals surface area contributed by atoms with Crippen LogP contribution < -0.4 is 5.32 Å². The van der Waals surface area contributed by atoms with Crippen molar-refractivity contribution in [3.63, 3.8) is 0 Å². The standard InChI is InChI=1S/C13H23NO/c1-12(2)6-7-13(9-12)14-11(5-8-15-13)10-3-4-10/h10-11,14H,3-9H2,1-2H3. The van der Waals surface area contributed by atoms with Crippen LogP contribution in [0.25, 0.3) is 0 Å². The Labute approximate surface area is 92.8 Å². The van der Waals surface area contributed by atoms with Crippen molar-refractivity contribution in [2.45, 2.75) is 64.1 Å². The first-order valence-electron chi connectivity index (χ1n) is 6.50. The molecule has 3 aliphatic rings. The molecule has 0 aromatic rings. The predicted octanol–water partition coefficient (Wildman–Crippen LogP) is 2.68. The quantitative estimate of drug-likeness (QED) is 0.717. The third kappa shape index (κ3) is 1.94. The van der Waals surface area contributed by atoms with Gasteiger partial charge in [-0.3, -0.25) is 5.32 Å². The van der Waals surface area contributed by atoms with E-state index in [0.29, 0.717) is 5.41 Å².